The van der Waals surface area contributed by atoms with E-state index in [1.54, 1.807) is 31.2 Å². The number of halogens is 1. The number of aryl methyl sites for hydroxylation is 1. The Morgan fingerprint density at radius 3 is 2.96 bits per heavy atom. The molecule has 1 saturated heterocycles. The first-order valence-electron chi connectivity index (χ1n) is 7.10. The van der Waals surface area contributed by atoms with Crippen LogP contribution in [0.3, 0.4) is 0 Å². The fourth-order valence-electron chi connectivity index (χ4n) is 2.34. The van der Waals surface area contributed by atoms with Crippen LogP contribution in [0.2, 0.25) is 5.02 Å². The second-order valence-electron chi connectivity index (χ2n) is 5.16. The van der Waals surface area contributed by atoms with Crippen LogP contribution in [-0.4, -0.2) is 30.2 Å². The van der Waals surface area contributed by atoms with Gasteiger partial charge in [0, 0.05) is 24.7 Å². The highest BCUT2D eigenvalue weighted by Gasteiger charge is 2.24. The van der Waals surface area contributed by atoms with Gasteiger partial charge in [-0.25, -0.2) is 4.79 Å². The lowest BCUT2D eigenvalue weighted by atomic mass is 10.1. The van der Waals surface area contributed by atoms with E-state index in [-0.39, 0.29) is 18.5 Å². The molecule has 2 N–H and O–H groups in total. The molecule has 0 spiro atoms. The Bertz CT molecular complexity index is 759. The molecule has 0 radical (unpaired) electrons. The minimum atomic E-state index is -0.275. The molecule has 1 aliphatic rings. The molecule has 0 saturated carbocycles. The SMILES string of the molecule is Cc1cc(CNC(=O)c2ccc(Cl)c(N3CCNC3=O)c2)no1. The van der Waals surface area contributed by atoms with Gasteiger partial charge in [0.15, 0.2) is 0 Å². The number of anilines is 1. The standard InChI is InChI=1S/C15H15ClN4O3/c1-9-6-11(19-23-9)8-18-14(21)10-2-3-12(16)13(7-10)20-5-4-17-15(20)22/h2-3,6-7H,4-5,8H2,1H3,(H,17,22)(H,18,21). The maximum Gasteiger partial charge on any atom is 0.322 e. The summed E-state index contributed by atoms with van der Waals surface area (Å²) in [6.07, 6.45) is 0. The molecule has 1 fully saturated rings. The van der Waals surface area contributed by atoms with E-state index >= 15 is 0 Å². The second-order valence-corrected chi connectivity index (χ2v) is 5.57. The van der Waals surface area contributed by atoms with E-state index in [4.69, 9.17) is 16.1 Å². The molecule has 3 rings (SSSR count). The van der Waals surface area contributed by atoms with E-state index in [9.17, 15) is 9.59 Å². The zero-order chi connectivity index (χ0) is 16.4. The summed E-state index contributed by atoms with van der Waals surface area (Å²) in [6.45, 7) is 3.11. The summed E-state index contributed by atoms with van der Waals surface area (Å²) in [7, 11) is 0. The average Bonchev–Trinajstić information content (AvgIpc) is 3.14. The average molecular weight is 335 g/mol. The highest BCUT2D eigenvalue weighted by Crippen LogP contribution is 2.28. The summed E-state index contributed by atoms with van der Waals surface area (Å²) in [5.41, 5.74) is 1.58. The molecule has 0 aliphatic carbocycles. The van der Waals surface area contributed by atoms with Gasteiger partial charge in [0.25, 0.3) is 5.91 Å². The maximum absolute atomic E-state index is 12.3. The van der Waals surface area contributed by atoms with Crippen molar-refractivity contribution in [1.29, 1.82) is 0 Å². The van der Waals surface area contributed by atoms with Gasteiger partial charge in [0.1, 0.15) is 11.5 Å². The van der Waals surface area contributed by atoms with Crippen LogP contribution in [0.15, 0.2) is 28.8 Å². The molecular formula is C15H15ClN4O3. The van der Waals surface area contributed by atoms with Crippen LogP contribution in [0, 0.1) is 6.92 Å². The molecule has 1 aromatic heterocycles. The van der Waals surface area contributed by atoms with Gasteiger partial charge in [0.2, 0.25) is 0 Å². The van der Waals surface area contributed by atoms with E-state index in [0.717, 1.165) is 0 Å². The van der Waals surface area contributed by atoms with Crippen molar-refractivity contribution in [3.8, 4) is 0 Å². The molecule has 1 aromatic carbocycles. The van der Waals surface area contributed by atoms with Crippen molar-refractivity contribution in [1.82, 2.24) is 15.8 Å². The Morgan fingerprint density at radius 2 is 2.30 bits per heavy atom. The van der Waals surface area contributed by atoms with Gasteiger partial charge in [-0.2, -0.15) is 0 Å². The van der Waals surface area contributed by atoms with E-state index in [0.29, 0.717) is 40.8 Å². The monoisotopic (exact) mass is 334 g/mol. The van der Waals surface area contributed by atoms with Crippen molar-refractivity contribution in [2.45, 2.75) is 13.5 Å². The second kappa shape index (κ2) is 6.29. The molecule has 2 heterocycles. The predicted octanol–water partition coefficient (Wildman–Crippen LogP) is 2.10. The summed E-state index contributed by atoms with van der Waals surface area (Å²) >= 11 is 6.15. The van der Waals surface area contributed by atoms with Gasteiger partial charge in [-0.15, -0.1) is 0 Å². The van der Waals surface area contributed by atoms with Crippen molar-refractivity contribution in [3.63, 3.8) is 0 Å². The fraction of sp³-hybridized carbons (Fsp3) is 0.267. The summed E-state index contributed by atoms with van der Waals surface area (Å²) in [5, 5.41) is 9.69. The van der Waals surface area contributed by atoms with Crippen molar-refractivity contribution < 1.29 is 14.1 Å². The molecule has 23 heavy (non-hydrogen) atoms. The molecule has 2 aromatic rings. The van der Waals surface area contributed by atoms with Gasteiger partial charge >= 0.3 is 6.03 Å². The van der Waals surface area contributed by atoms with Crippen LogP contribution in [0.1, 0.15) is 21.8 Å². The number of nitrogens with zero attached hydrogens (tertiary/aromatic N) is 2. The summed E-state index contributed by atoms with van der Waals surface area (Å²) in [4.78, 5) is 25.5. The van der Waals surface area contributed by atoms with E-state index < -0.39 is 0 Å². The first-order chi connectivity index (χ1) is 11.0. The lowest BCUT2D eigenvalue weighted by Crippen LogP contribution is -2.28. The predicted molar refractivity (Wildman–Crippen MR) is 84.6 cm³/mol. The third-order valence-electron chi connectivity index (χ3n) is 3.46. The van der Waals surface area contributed by atoms with Crippen LogP contribution >= 0.6 is 11.6 Å². The lowest BCUT2D eigenvalue weighted by Gasteiger charge is -2.17. The number of carbonyl (C=O) groups excluding carboxylic acids is 2. The van der Waals surface area contributed by atoms with Gasteiger partial charge in [0.05, 0.1) is 17.3 Å². The highest BCUT2D eigenvalue weighted by molar-refractivity contribution is 6.34. The van der Waals surface area contributed by atoms with E-state index in [1.807, 2.05) is 0 Å². The fourth-order valence-corrected chi connectivity index (χ4v) is 2.56. The molecule has 120 valence electrons. The number of amides is 3. The minimum Gasteiger partial charge on any atom is -0.361 e. The maximum atomic E-state index is 12.3. The third kappa shape index (κ3) is 3.29. The number of nitrogens with one attached hydrogen (secondary N) is 2. The summed E-state index contributed by atoms with van der Waals surface area (Å²) in [6, 6.07) is 6.36. The Labute approximate surface area is 137 Å². The first kappa shape index (κ1) is 15.4. The van der Waals surface area contributed by atoms with Crippen LogP contribution < -0.4 is 15.5 Å². The summed E-state index contributed by atoms with van der Waals surface area (Å²) < 4.78 is 4.95. The largest absolute Gasteiger partial charge is 0.361 e. The number of hydrogen-bond donors (Lipinski definition) is 2. The molecule has 8 heteroatoms. The van der Waals surface area contributed by atoms with E-state index in [1.165, 1.54) is 4.90 Å². The molecule has 0 unspecified atom stereocenters. The molecule has 1 aliphatic heterocycles. The number of rotatable bonds is 4. The molecule has 0 bridgehead atoms. The zero-order valence-electron chi connectivity index (χ0n) is 12.4. The molecule has 3 amide bonds. The summed E-state index contributed by atoms with van der Waals surface area (Å²) in [5.74, 6) is 0.409. The first-order valence-corrected chi connectivity index (χ1v) is 7.47. The van der Waals surface area contributed by atoms with Gasteiger partial charge < -0.3 is 15.2 Å². The Balaban J connectivity index is 1.74. The van der Waals surface area contributed by atoms with Gasteiger partial charge in [-0.3, -0.25) is 9.69 Å². The van der Waals surface area contributed by atoms with Crippen molar-refractivity contribution in [3.05, 3.63) is 46.3 Å². The number of carbonyl (C=O) groups is 2. The van der Waals surface area contributed by atoms with E-state index in [2.05, 4.69) is 15.8 Å². The molecule has 0 atom stereocenters. The van der Waals surface area contributed by atoms with Crippen LogP contribution in [0.25, 0.3) is 0 Å². The van der Waals surface area contributed by atoms with Crippen molar-refractivity contribution in [2.75, 3.05) is 18.0 Å². The number of hydrogen-bond acceptors (Lipinski definition) is 4. The quantitative estimate of drug-likeness (QED) is 0.896. The lowest BCUT2D eigenvalue weighted by molar-refractivity contribution is 0.0950. The van der Waals surface area contributed by atoms with Gasteiger partial charge in [-0.05, 0) is 25.1 Å². The topological polar surface area (TPSA) is 87.5 Å². The molecular weight excluding hydrogens is 320 g/mol. The Morgan fingerprint density at radius 1 is 1.48 bits per heavy atom. The van der Waals surface area contributed by atoms with Crippen LogP contribution in [-0.2, 0) is 6.54 Å². The minimum absolute atomic E-state index is 0.220. The zero-order valence-corrected chi connectivity index (χ0v) is 13.2. The molecule has 7 nitrogen and oxygen atoms in total. The van der Waals surface area contributed by atoms with Gasteiger partial charge in [-0.1, -0.05) is 16.8 Å². The highest BCUT2D eigenvalue weighted by atomic mass is 35.5. The van der Waals surface area contributed by atoms with Crippen molar-refractivity contribution in [2.24, 2.45) is 0 Å². The smallest absolute Gasteiger partial charge is 0.322 e. The Hall–Kier alpha value is -2.54. The number of urea groups is 1. The number of aromatic nitrogens is 1. The normalized spacial score (nSPS) is 14.0. The van der Waals surface area contributed by atoms with Crippen LogP contribution in [0.5, 0.6) is 0 Å². The third-order valence-corrected chi connectivity index (χ3v) is 3.78. The Kier molecular flexibility index (Phi) is 4.20. The van der Waals surface area contributed by atoms with Crippen LogP contribution in [0.4, 0.5) is 10.5 Å². The van der Waals surface area contributed by atoms with Crippen molar-refractivity contribution >= 4 is 29.2 Å². The number of benzene rings is 1.